The number of hydrogen-bond acceptors (Lipinski definition) is 2. The molecule has 0 aromatic heterocycles. The largest absolute Gasteiger partial charge is 0.382 e. The topological polar surface area (TPSA) is 37.3 Å². The van der Waals surface area contributed by atoms with Crippen LogP contribution in [-0.2, 0) is 4.79 Å². The van der Waals surface area contributed by atoms with Gasteiger partial charge >= 0.3 is 0 Å². The predicted molar refractivity (Wildman–Crippen MR) is 47.9 cm³/mol. The van der Waals surface area contributed by atoms with Crippen molar-refractivity contribution in [2.75, 3.05) is 0 Å². The zero-order valence-corrected chi connectivity index (χ0v) is 8.18. The minimum Gasteiger partial charge on any atom is -0.382 e. The highest BCUT2D eigenvalue weighted by atomic mass is 16.3. The Bertz CT molecular complexity index is 183. The minimum atomic E-state index is -1.00. The minimum absolute atomic E-state index is 0.00694. The van der Waals surface area contributed by atoms with Gasteiger partial charge < -0.3 is 5.11 Å². The highest BCUT2D eigenvalue weighted by Gasteiger charge is 2.43. The predicted octanol–water partition coefficient (Wildman–Crippen LogP) is 1.91. The van der Waals surface area contributed by atoms with E-state index in [9.17, 15) is 9.90 Å². The van der Waals surface area contributed by atoms with Crippen LogP contribution in [0.15, 0.2) is 0 Å². The molecule has 0 heterocycles. The number of aliphatic hydroxyl groups is 1. The molecular weight excluding hydrogens is 152 g/mol. The normalized spacial score (nSPS) is 22.7. The molecule has 0 spiro atoms. The van der Waals surface area contributed by atoms with Crippen molar-refractivity contribution in [1.29, 1.82) is 0 Å². The van der Waals surface area contributed by atoms with Gasteiger partial charge in [0.2, 0.25) is 0 Å². The number of carbonyl (C=O) groups excluding carboxylic acids is 1. The van der Waals surface area contributed by atoms with E-state index in [-0.39, 0.29) is 5.78 Å². The first-order valence-corrected chi connectivity index (χ1v) is 4.63. The van der Waals surface area contributed by atoms with Crippen molar-refractivity contribution in [2.45, 2.75) is 52.1 Å². The van der Waals surface area contributed by atoms with Crippen LogP contribution in [0.3, 0.4) is 0 Å². The second-order valence-electron chi connectivity index (χ2n) is 4.82. The monoisotopic (exact) mass is 170 g/mol. The molecule has 0 aromatic carbocycles. The molecule has 1 saturated carbocycles. The van der Waals surface area contributed by atoms with Gasteiger partial charge in [0.25, 0.3) is 0 Å². The number of Topliss-reactive ketones (excluding diaryl/α,β-unsaturated/α-hetero) is 1. The van der Waals surface area contributed by atoms with E-state index in [0.717, 1.165) is 12.8 Å². The number of rotatable bonds is 1. The summed E-state index contributed by atoms with van der Waals surface area (Å²) >= 11 is 0. The fourth-order valence-corrected chi connectivity index (χ4v) is 1.88. The standard InChI is InChI=1S/C10H18O2/c1-9(2,3)8(11)10(12)6-4-5-7-10/h12H,4-7H2,1-3H3. The van der Waals surface area contributed by atoms with Crippen LogP contribution in [0.5, 0.6) is 0 Å². The van der Waals surface area contributed by atoms with Crippen LogP contribution < -0.4 is 0 Å². The van der Waals surface area contributed by atoms with E-state index in [1.165, 1.54) is 0 Å². The van der Waals surface area contributed by atoms with E-state index in [1.807, 2.05) is 20.8 Å². The molecule has 2 nitrogen and oxygen atoms in total. The SMILES string of the molecule is CC(C)(C)C(=O)C1(O)CCCC1. The Hall–Kier alpha value is -0.370. The summed E-state index contributed by atoms with van der Waals surface area (Å²) in [5.41, 5.74) is -1.41. The van der Waals surface area contributed by atoms with Crippen LogP contribution in [0, 0.1) is 5.41 Å². The lowest BCUT2D eigenvalue weighted by atomic mass is 9.79. The summed E-state index contributed by atoms with van der Waals surface area (Å²) in [4.78, 5) is 11.7. The molecule has 0 radical (unpaired) electrons. The van der Waals surface area contributed by atoms with Crippen molar-refractivity contribution in [3.05, 3.63) is 0 Å². The Morgan fingerprint density at radius 1 is 1.25 bits per heavy atom. The first-order valence-electron chi connectivity index (χ1n) is 4.63. The summed E-state index contributed by atoms with van der Waals surface area (Å²) in [6, 6.07) is 0. The summed E-state index contributed by atoms with van der Waals surface area (Å²) in [7, 11) is 0. The highest BCUT2D eigenvalue weighted by Crippen LogP contribution is 2.35. The molecule has 0 bridgehead atoms. The Kier molecular flexibility index (Phi) is 2.30. The molecular formula is C10H18O2. The third kappa shape index (κ3) is 1.69. The van der Waals surface area contributed by atoms with Crippen molar-refractivity contribution in [3.63, 3.8) is 0 Å². The molecule has 0 atom stereocenters. The second-order valence-corrected chi connectivity index (χ2v) is 4.82. The fraction of sp³-hybridized carbons (Fsp3) is 0.900. The number of hydrogen-bond donors (Lipinski definition) is 1. The second kappa shape index (κ2) is 2.84. The lowest BCUT2D eigenvalue weighted by Crippen LogP contribution is -2.43. The summed E-state index contributed by atoms with van der Waals surface area (Å²) in [5.74, 6) is 0.00694. The zero-order chi connectivity index (χ0) is 9.41. The molecule has 1 fully saturated rings. The van der Waals surface area contributed by atoms with Crippen molar-refractivity contribution in [1.82, 2.24) is 0 Å². The van der Waals surface area contributed by atoms with Crippen LogP contribution in [0.4, 0.5) is 0 Å². The first-order chi connectivity index (χ1) is 5.36. The van der Waals surface area contributed by atoms with Gasteiger partial charge in [0, 0.05) is 5.41 Å². The maximum absolute atomic E-state index is 11.7. The van der Waals surface area contributed by atoms with Gasteiger partial charge in [-0.2, -0.15) is 0 Å². The van der Waals surface area contributed by atoms with E-state index in [4.69, 9.17) is 0 Å². The van der Waals surface area contributed by atoms with Gasteiger partial charge in [0.15, 0.2) is 5.78 Å². The van der Waals surface area contributed by atoms with Crippen molar-refractivity contribution in [2.24, 2.45) is 5.41 Å². The quantitative estimate of drug-likeness (QED) is 0.652. The Balaban J connectivity index is 2.75. The smallest absolute Gasteiger partial charge is 0.169 e. The number of carbonyl (C=O) groups is 1. The summed E-state index contributed by atoms with van der Waals surface area (Å²) < 4.78 is 0. The number of ketones is 1. The molecule has 0 aliphatic heterocycles. The Labute approximate surface area is 74.0 Å². The van der Waals surface area contributed by atoms with Gasteiger partial charge in [0.05, 0.1) is 0 Å². The van der Waals surface area contributed by atoms with Crippen LogP contribution in [-0.4, -0.2) is 16.5 Å². The van der Waals surface area contributed by atoms with Gasteiger partial charge in [-0.15, -0.1) is 0 Å². The third-order valence-corrected chi connectivity index (χ3v) is 2.53. The van der Waals surface area contributed by atoms with Crippen LogP contribution in [0.1, 0.15) is 46.5 Å². The van der Waals surface area contributed by atoms with Gasteiger partial charge in [-0.25, -0.2) is 0 Å². The molecule has 0 saturated heterocycles. The van der Waals surface area contributed by atoms with Gasteiger partial charge in [0.1, 0.15) is 5.60 Å². The maximum atomic E-state index is 11.7. The average Bonchev–Trinajstić information content (AvgIpc) is 2.34. The maximum Gasteiger partial charge on any atom is 0.169 e. The molecule has 1 N–H and O–H groups in total. The lowest BCUT2D eigenvalue weighted by molar-refractivity contribution is -0.145. The molecule has 2 heteroatoms. The van der Waals surface area contributed by atoms with E-state index in [0.29, 0.717) is 12.8 Å². The van der Waals surface area contributed by atoms with E-state index in [1.54, 1.807) is 0 Å². The van der Waals surface area contributed by atoms with Gasteiger partial charge in [-0.3, -0.25) is 4.79 Å². The van der Waals surface area contributed by atoms with E-state index < -0.39 is 11.0 Å². The molecule has 0 amide bonds. The van der Waals surface area contributed by atoms with Crippen molar-refractivity contribution >= 4 is 5.78 Å². The highest BCUT2D eigenvalue weighted by molar-refractivity contribution is 5.91. The molecule has 0 unspecified atom stereocenters. The zero-order valence-electron chi connectivity index (χ0n) is 8.18. The Morgan fingerprint density at radius 3 is 2.00 bits per heavy atom. The van der Waals surface area contributed by atoms with Crippen molar-refractivity contribution in [3.8, 4) is 0 Å². The molecule has 1 aliphatic rings. The van der Waals surface area contributed by atoms with Gasteiger partial charge in [-0.1, -0.05) is 20.8 Å². The molecule has 70 valence electrons. The van der Waals surface area contributed by atoms with E-state index in [2.05, 4.69) is 0 Å². The molecule has 12 heavy (non-hydrogen) atoms. The summed E-state index contributed by atoms with van der Waals surface area (Å²) in [6.07, 6.45) is 3.28. The van der Waals surface area contributed by atoms with Gasteiger partial charge in [-0.05, 0) is 25.7 Å². The van der Waals surface area contributed by atoms with Crippen molar-refractivity contribution < 1.29 is 9.90 Å². The Morgan fingerprint density at radius 2 is 1.67 bits per heavy atom. The summed E-state index contributed by atoms with van der Waals surface area (Å²) in [6.45, 7) is 5.60. The van der Waals surface area contributed by atoms with Crippen LogP contribution in [0.25, 0.3) is 0 Å². The molecule has 1 rings (SSSR count). The molecule has 1 aliphatic carbocycles. The average molecular weight is 170 g/mol. The lowest BCUT2D eigenvalue weighted by Gasteiger charge is -2.28. The first kappa shape index (κ1) is 9.72. The van der Waals surface area contributed by atoms with Crippen LogP contribution >= 0.6 is 0 Å². The molecule has 0 aromatic rings. The van der Waals surface area contributed by atoms with Crippen LogP contribution in [0.2, 0.25) is 0 Å². The third-order valence-electron chi connectivity index (χ3n) is 2.53. The summed E-state index contributed by atoms with van der Waals surface area (Å²) in [5, 5.41) is 9.95. The van der Waals surface area contributed by atoms with E-state index >= 15 is 0 Å². The fourth-order valence-electron chi connectivity index (χ4n) is 1.88.